The standard InChI is InChI=1S/C32H49N5O4/c1-6-31(7-2,40-5)20-22-41-32(8-3,9-4)19-21-35-29(39)27(23-24-13-11-10-12-14-24)37-28(38)25-15-17-26(18-16-25)36-30(33)34/h10-18,27H,6-9,19-23H2,1-5H3,(H,35,39)(H,37,38)(H4,33,34,36). The molecule has 0 aliphatic rings. The van der Waals surface area contributed by atoms with Gasteiger partial charge in [0.15, 0.2) is 5.96 Å². The van der Waals surface area contributed by atoms with Crippen LogP contribution in [0.15, 0.2) is 59.6 Å². The van der Waals surface area contributed by atoms with E-state index in [1.165, 1.54) is 0 Å². The van der Waals surface area contributed by atoms with Gasteiger partial charge >= 0.3 is 0 Å². The van der Waals surface area contributed by atoms with E-state index in [1.54, 1.807) is 31.4 Å². The SMILES string of the molecule is CCC(CC)(CCOC(CC)(CC)CCNC(=O)C(Cc1ccccc1)NC(=O)c1ccc(N=C(N)N)cc1)OC. The zero-order chi connectivity index (χ0) is 30.3. The molecule has 1 atom stereocenters. The van der Waals surface area contributed by atoms with E-state index in [0.29, 0.717) is 37.2 Å². The smallest absolute Gasteiger partial charge is 0.251 e. The Bertz CT molecular complexity index is 1080. The van der Waals surface area contributed by atoms with Crippen LogP contribution in [0.3, 0.4) is 0 Å². The van der Waals surface area contributed by atoms with E-state index in [0.717, 1.165) is 37.7 Å². The van der Waals surface area contributed by atoms with Crippen molar-refractivity contribution in [3.63, 3.8) is 0 Å². The molecule has 226 valence electrons. The summed E-state index contributed by atoms with van der Waals surface area (Å²) in [5.74, 6) is -0.659. The van der Waals surface area contributed by atoms with Crippen molar-refractivity contribution in [3.05, 3.63) is 65.7 Å². The van der Waals surface area contributed by atoms with Gasteiger partial charge in [-0.1, -0.05) is 58.0 Å². The molecule has 0 aliphatic carbocycles. The summed E-state index contributed by atoms with van der Waals surface area (Å²) in [6.07, 6.45) is 5.38. The van der Waals surface area contributed by atoms with Gasteiger partial charge < -0.3 is 31.6 Å². The predicted octanol–water partition coefficient (Wildman–Crippen LogP) is 4.61. The maximum absolute atomic E-state index is 13.4. The van der Waals surface area contributed by atoms with Crippen molar-refractivity contribution >= 4 is 23.5 Å². The van der Waals surface area contributed by atoms with Gasteiger partial charge in [0.05, 0.1) is 23.5 Å². The van der Waals surface area contributed by atoms with E-state index in [1.807, 2.05) is 30.3 Å². The van der Waals surface area contributed by atoms with E-state index in [9.17, 15) is 9.59 Å². The first-order valence-electron chi connectivity index (χ1n) is 14.7. The van der Waals surface area contributed by atoms with Gasteiger partial charge in [-0.3, -0.25) is 9.59 Å². The van der Waals surface area contributed by atoms with Gasteiger partial charge in [0.2, 0.25) is 5.91 Å². The number of rotatable bonds is 18. The van der Waals surface area contributed by atoms with Crippen LogP contribution in [0.5, 0.6) is 0 Å². The quantitative estimate of drug-likeness (QED) is 0.153. The van der Waals surface area contributed by atoms with E-state index in [2.05, 4.69) is 43.3 Å². The first kappa shape index (κ1) is 33.8. The number of nitrogens with two attached hydrogens (primary N) is 2. The molecule has 0 spiro atoms. The Hall–Kier alpha value is -3.43. The van der Waals surface area contributed by atoms with Gasteiger partial charge in [-0.2, -0.15) is 0 Å². The summed E-state index contributed by atoms with van der Waals surface area (Å²) < 4.78 is 12.3. The van der Waals surface area contributed by atoms with Crippen LogP contribution in [0, 0.1) is 0 Å². The second-order valence-electron chi connectivity index (χ2n) is 10.4. The average Bonchev–Trinajstić information content (AvgIpc) is 2.99. The van der Waals surface area contributed by atoms with Crippen LogP contribution in [-0.4, -0.2) is 55.3 Å². The summed E-state index contributed by atoms with van der Waals surface area (Å²) in [6, 6.07) is 15.4. The van der Waals surface area contributed by atoms with Crippen molar-refractivity contribution in [2.24, 2.45) is 16.5 Å². The molecule has 9 heteroatoms. The summed E-state index contributed by atoms with van der Waals surface area (Å²) in [5.41, 5.74) is 12.2. The van der Waals surface area contributed by atoms with Crippen molar-refractivity contribution in [1.29, 1.82) is 0 Å². The van der Waals surface area contributed by atoms with E-state index < -0.39 is 6.04 Å². The first-order valence-corrected chi connectivity index (χ1v) is 14.7. The highest BCUT2D eigenvalue weighted by Crippen LogP contribution is 2.29. The van der Waals surface area contributed by atoms with Crippen LogP contribution in [0.2, 0.25) is 0 Å². The number of carbonyl (C=O) groups excluding carboxylic acids is 2. The summed E-state index contributed by atoms with van der Waals surface area (Å²) in [4.78, 5) is 30.4. The summed E-state index contributed by atoms with van der Waals surface area (Å²) in [7, 11) is 1.77. The molecule has 0 aromatic heterocycles. The van der Waals surface area contributed by atoms with E-state index in [4.69, 9.17) is 20.9 Å². The molecule has 0 bridgehead atoms. The third kappa shape index (κ3) is 10.5. The minimum absolute atomic E-state index is 0.0626. The highest BCUT2D eigenvalue weighted by Gasteiger charge is 2.31. The minimum Gasteiger partial charge on any atom is -0.378 e. The number of hydrogen-bond donors (Lipinski definition) is 4. The Morgan fingerprint density at radius 2 is 1.49 bits per heavy atom. The number of carbonyl (C=O) groups is 2. The average molecular weight is 568 g/mol. The number of nitrogens with zero attached hydrogens (tertiary/aromatic N) is 1. The van der Waals surface area contributed by atoms with Crippen molar-refractivity contribution in [3.8, 4) is 0 Å². The second kappa shape index (κ2) is 16.7. The third-order valence-corrected chi connectivity index (χ3v) is 8.15. The molecule has 1 unspecified atom stereocenters. The molecular weight excluding hydrogens is 518 g/mol. The van der Waals surface area contributed by atoms with Gasteiger partial charge in [-0.15, -0.1) is 0 Å². The maximum atomic E-state index is 13.4. The summed E-state index contributed by atoms with van der Waals surface area (Å²) >= 11 is 0. The number of hydrogen-bond acceptors (Lipinski definition) is 5. The molecule has 2 rings (SSSR count). The Morgan fingerprint density at radius 3 is 2.02 bits per heavy atom. The molecular formula is C32H49N5O4. The Kier molecular flexibility index (Phi) is 13.8. The maximum Gasteiger partial charge on any atom is 0.251 e. The lowest BCUT2D eigenvalue weighted by atomic mass is 9.91. The Morgan fingerprint density at radius 1 is 0.878 bits per heavy atom. The fraction of sp³-hybridized carbons (Fsp3) is 0.531. The topological polar surface area (TPSA) is 141 Å². The fourth-order valence-corrected chi connectivity index (χ4v) is 5.00. The number of benzene rings is 2. The van der Waals surface area contributed by atoms with Gasteiger partial charge in [-0.25, -0.2) is 4.99 Å². The lowest BCUT2D eigenvalue weighted by Crippen LogP contribution is -2.49. The van der Waals surface area contributed by atoms with Gasteiger partial charge in [0.1, 0.15) is 6.04 Å². The molecule has 0 aliphatic heterocycles. The van der Waals surface area contributed by atoms with E-state index in [-0.39, 0.29) is 29.0 Å². The van der Waals surface area contributed by atoms with Crippen LogP contribution in [0.25, 0.3) is 0 Å². The van der Waals surface area contributed by atoms with Gasteiger partial charge in [0.25, 0.3) is 5.91 Å². The predicted molar refractivity (Wildman–Crippen MR) is 165 cm³/mol. The molecule has 41 heavy (non-hydrogen) atoms. The second-order valence-corrected chi connectivity index (χ2v) is 10.4. The molecule has 9 nitrogen and oxygen atoms in total. The van der Waals surface area contributed by atoms with E-state index >= 15 is 0 Å². The highest BCUT2D eigenvalue weighted by atomic mass is 16.5. The van der Waals surface area contributed by atoms with Crippen LogP contribution in [0.4, 0.5) is 5.69 Å². The molecule has 0 saturated heterocycles. The molecule has 2 aromatic rings. The fourth-order valence-electron chi connectivity index (χ4n) is 5.00. The highest BCUT2D eigenvalue weighted by molar-refractivity contribution is 5.98. The third-order valence-electron chi connectivity index (χ3n) is 8.15. The monoisotopic (exact) mass is 567 g/mol. The number of nitrogens with one attached hydrogen (secondary N) is 2. The molecule has 2 amide bonds. The Labute approximate surface area is 245 Å². The van der Waals surface area contributed by atoms with Crippen molar-refractivity contribution in [2.45, 2.75) is 89.9 Å². The molecule has 6 N–H and O–H groups in total. The lowest BCUT2D eigenvalue weighted by Gasteiger charge is -2.35. The first-order chi connectivity index (χ1) is 19.6. The zero-order valence-electron chi connectivity index (χ0n) is 25.4. The summed E-state index contributed by atoms with van der Waals surface area (Å²) in [6.45, 7) is 9.55. The van der Waals surface area contributed by atoms with Crippen LogP contribution in [-0.2, 0) is 20.7 Å². The lowest BCUT2D eigenvalue weighted by molar-refractivity contribution is -0.123. The van der Waals surface area contributed by atoms with Crippen molar-refractivity contribution in [2.75, 3.05) is 20.3 Å². The van der Waals surface area contributed by atoms with Gasteiger partial charge in [-0.05, 0) is 68.4 Å². The number of amides is 2. The molecule has 0 saturated carbocycles. The zero-order valence-corrected chi connectivity index (χ0v) is 25.4. The number of ether oxygens (including phenoxy) is 2. The van der Waals surface area contributed by atoms with Crippen LogP contribution < -0.4 is 22.1 Å². The normalized spacial score (nSPS) is 12.4. The molecule has 0 fully saturated rings. The number of methoxy groups -OCH3 is 1. The minimum atomic E-state index is -0.753. The van der Waals surface area contributed by atoms with Crippen LogP contribution >= 0.6 is 0 Å². The number of aliphatic imine (C=N–C) groups is 1. The van der Waals surface area contributed by atoms with Crippen LogP contribution in [0.1, 0.15) is 82.1 Å². The molecule has 0 heterocycles. The summed E-state index contributed by atoms with van der Waals surface area (Å²) in [5, 5.41) is 5.96. The Balaban J connectivity index is 2.07. The number of guanidine groups is 1. The molecule has 2 aromatic carbocycles. The largest absolute Gasteiger partial charge is 0.378 e. The molecule has 0 radical (unpaired) electrons. The van der Waals surface area contributed by atoms with Crippen molar-refractivity contribution < 1.29 is 19.1 Å². The van der Waals surface area contributed by atoms with Gasteiger partial charge in [0, 0.05) is 25.6 Å². The van der Waals surface area contributed by atoms with Crippen molar-refractivity contribution in [1.82, 2.24) is 10.6 Å².